The number of nitrogens with one attached hydrogen (secondary N) is 1. The summed E-state index contributed by atoms with van der Waals surface area (Å²) in [4.78, 5) is 29.0. The van der Waals surface area contributed by atoms with Crippen LogP contribution >= 0.6 is 11.3 Å². The van der Waals surface area contributed by atoms with Crippen molar-refractivity contribution in [3.8, 4) is 11.1 Å². The Morgan fingerprint density at radius 2 is 1.82 bits per heavy atom. The number of rotatable bonds is 5. The SMILES string of the molecule is CC(C)(C)C(=O)Nc1cccc(-c2cccc3cc(C(=O)C[C@H]4CN5CCC4CC5)sc23)c1. The molecule has 172 valence electrons. The molecule has 4 nitrogen and oxygen atoms in total. The third kappa shape index (κ3) is 4.62. The Kier molecular flexibility index (Phi) is 5.87. The van der Waals surface area contributed by atoms with Gasteiger partial charge in [-0.15, -0.1) is 11.3 Å². The van der Waals surface area contributed by atoms with Crippen LogP contribution in [0.3, 0.4) is 0 Å². The Balaban J connectivity index is 1.40. The predicted molar refractivity (Wildman–Crippen MR) is 137 cm³/mol. The summed E-state index contributed by atoms with van der Waals surface area (Å²) in [7, 11) is 0. The number of hydrogen-bond donors (Lipinski definition) is 1. The topological polar surface area (TPSA) is 49.4 Å². The van der Waals surface area contributed by atoms with E-state index in [0.29, 0.717) is 12.3 Å². The van der Waals surface area contributed by atoms with Gasteiger partial charge in [0.05, 0.1) is 4.88 Å². The maximum atomic E-state index is 13.2. The molecule has 0 radical (unpaired) electrons. The normalized spacial score (nSPS) is 22.5. The summed E-state index contributed by atoms with van der Waals surface area (Å²) in [5.41, 5.74) is 2.49. The minimum Gasteiger partial charge on any atom is -0.326 e. The average molecular weight is 461 g/mol. The van der Waals surface area contributed by atoms with Crippen LogP contribution in [0.5, 0.6) is 0 Å². The zero-order chi connectivity index (χ0) is 23.2. The summed E-state index contributed by atoms with van der Waals surface area (Å²) >= 11 is 1.61. The van der Waals surface area contributed by atoms with Crippen molar-refractivity contribution in [2.24, 2.45) is 17.3 Å². The van der Waals surface area contributed by atoms with E-state index in [0.717, 1.165) is 44.2 Å². The fraction of sp³-hybridized carbons (Fsp3) is 0.429. The van der Waals surface area contributed by atoms with E-state index in [9.17, 15) is 9.59 Å². The molecule has 1 aromatic heterocycles. The quantitative estimate of drug-likeness (QED) is 0.444. The maximum absolute atomic E-state index is 13.2. The minimum absolute atomic E-state index is 0.00499. The van der Waals surface area contributed by atoms with Crippen LogP contribution in [-0.4, -0.2) is 36.2 Å². The highest BCUT2D eigenvalue weighted by atomic mass is 32.1. The molecule has 3 aliphatic rings. The second-order valence-corrected chi connectivity index (χ2v) is 11.7. The number of ketones is 1. The highest BCUT2D eigenvalue weighted by Crippen LogP contribution is 2.39. The van der Waals surface area contributed by atoms with Crippen LogP contribution in [0.1, 0.15) is 49.7 Å². The molecule has 33 heavy (non-hydrogen) atoms. The van der Waals surface area contributed by atoms with Gasteiger partial charge in [-0.25, -0.2) is 0 Å². The molecule has 0 aliphatic carbocycles. The molecule has 0 unspecified atom stereocenters. The van der Waals surface area contributed by atoms with E-state index in [1.54, 1.807) is 11.3 Å². The van der Waals surface area contributed by atoms with Crippen molar-refractivity contribution in [1.29, 1.82) is 0 Å². The first kappa shape index (κ1) is 22.3. The zero-order valence-electron chi connectivity index (χ0n) is 19.7. The molecular formula is C28H32N2O2S. The monoisotopic (exact) mass is 460 g/mol. The fourth-order valence-electron chi connectivity index (χ4n) is 5.17. The van der Waals surface area contributed by atoms with Crippen LogP contribution in [0, 0.1) is 17.3 Å². The van der Waals surface area contributed by atoms with Crippen molar-refractivity contribution in [2.75, 3.05) is 25.0 Å². The van der Waals surface area contributed by atoms with Gasteiger partial charge in [0.2, 0.25) is 5.91 Å². The van der Waals surface area contributed by atoms with E-state index < -0.39 is 5.41 Å². The molecule has 4 heterocycles. The molecule has 2 aromatic carbocycles. The number of carbonyl (C=O) groups excluding carboxylic acids is 2. The van der Waals surface area contributed by atoms with E-state index in [4.69, 9.17) is 0 Å². The number of hydrogen-bond acceptors (Lipinski definition) is 4. The van der Waals surface area contributed by atoms with Crippen LogP contribution in [0.15, 0.2) is 48.5 Å². The molecule has 1 amide bonds. The van der Waals surface area contributed by atoms with E-state index in [1.807, 2.05) is 45.0 Å². The highest BCUT2D eigenvalue weighted by molar-refractivity contribution is 7.21. The summed E-state index contributed by atoms with van der Waals surface area (Å²) in [5.74, 6) is 1.50. The van der Waals surface area contributed by atoms with Gasteiger partial charge in [0.15, 0.2) is 5.78 Å². The third-order valence-electron chi connectivity index (χ3n) is 7.17. The predicted octanol–water partition coefficient (Wildman–Crippen LogP) is 6.47. The van der Waals surface area contributed by atoms with Gasteiger partial charge in [-0.2, -0.15) is 0 Å². The molecule has 0 spiro atoms. The molecule has 1 atom stereocenters. The first-order chi connectivity index (χ1) is 15.8. The van der Waals surface area contributed by atoms with Gasteiger partial charge in [0, 0.05) is 28.8 Å². The first-order valence-electron chi connectivity index (χ1n) is 12.0. The van der Waals surface area contributed by atoms with Crippen LogP contribution in [0.4, 0.5) is 5.69 Å². The van der Waals surface area contributed by atoms with Gasteiger partial charge in [0.1, 0.15) is 0 Å². The van der Waals surface area contributed by atoms with E-state index in [2.05, 4.69) is 34.5 Å². The second kappa shape index (κ2) is 8.69. The lowest BCUT2D eigenvalue weighted by atomic mass is 9.76. The maximum Gasteiger partial charge on any atom is 0.229 e. The van der Waals surface area contributed by atoms with Gasteiger partial charge in [-0.1, -0.05) is 51.1 Å². The van der Waals surface area contributed by atoms with Crippen molar-refractivity contribution in [2.45, 2.75) is 40.0 Å². The standard InChI is InChI=1S/C28H32N2O2S/c1-28(2,3)27(32)29-22-8-4-6-19(14-22)23-9-5-7-20-16-25(33-26(20)23)24(31)15-21-17-30-12-10-18(21)11-13-30/h4-9,14,16,18,21H,10-13,15,17H2,1-3H3,(H,29,32)/t21-/m0/s1. The molecule has 3 saturated heterocycles. The smallest absolute Gasteiger partial charge is 0.229 e. The van der Waals surface area contributed by atoms with Crippen LogP contribution in [0.25, 0.3) is 21.2 Å². The lowest BCUT2D eigenvalue weighted by Gasteiger charge is -2.44. The summed E-state index contributed by atoms with van der Waals surface area (Å²) in [6, 6.07) is 16.3. The van der Waals surface area contributed by atoms with E-state index in [-0.39, 0.29) is 11.7 Å². The van der Waals surface area contributed by atoms with Crippen molar-refractivity contribution >= 4 is 38.8 Å². The summed E-state index contributed by atoms with van der Waals surface area (Å²) in [6.07, 6.45) is 3.16. The van der Waals surface area contributed by atoms with Crippen molar-refractivity contribution in [1.82, 2.24) is 4.90 Å². The first-order valence-corrected chi connectivity index (χ1v) is 12.8. The van der Waals surface area contributed by atoms with Crippen molar-refractivity contribution < 1.29 is 9.59 Å². The largest absolute Gasteiger partial charge is 0.326 e. The molecule has 1 N–H and O–H groups in total. The number of benzene rings is 2. The third-order valence-corrected chi connectivity index (χ3v) is 8.40. The molecular weight excluding hydrogens is 428 g/mol. The zero-order valence-corrected chi connectivity index (χ0v) is 20.5. The number of Topliss-reactive ketones (excluding diaryl/α,β-unsaturated/α-hetero) is 1. The minimum atomic E-state index is -0.451. The summed E-state index contributed by atoms with van der Waals surface area (Å²) in [5, 5.41) is 4.14. The molecule has 6 rings (SSSR count). The molecule has 0 saturated carbocycles. The van der Waals surface area contributed by atoms with E-state index in [1.165, 1.54) is 25.9 Å². The van der Waals surface area contributed by atoms with Gasteiger partial charge in [0.25, 0.3) is 0 Å². The number of thiophene rings is 1. The number of carbonyl (C=O) groups is 2. The van der Waals surface area contributed by atoms with Gasteiger partial charge in [-0.05, 0) is 72.5 Å². The van der Waals surface area contributed by atoms with Crippen LogP contribution in [-0.2, 0) is 4.79 Å². The number of fused-ring (bicyclic) bond motifs is 4. The van der Waals surface area contributed by atoms with Gasteiger partial charge >= 0.3 is 0 Å². The Bertz CT molecular complexity index is 1200. The van der Waals surface area contributed by atoms with Gasteiger partial charge < -0.3 is 10.2 Å². The lowest BCUT2D eigenvalue weighted by Crippen LogP contribution is -2.47. The Morgan fingerprint density at radius 1 is 1.06 bits per heavy atom. The van der Waals surface area contributed by atoms with Crippen LogP contribution in [0.2, 0.25) is 0 Å². The Morgan fingerprint density at radius 3 is 2.52 bits per heavy atom. The molecule has 2 bridgehead atoms. The van der Waals surface area contributed by atoms with Gasteiger partial charge in [-0.3, -0.25) is 9.59 Å². The molecule has 3 aromatic rings. The number of piperidine rings is 3. The van der Waals surface area contributed by atoms with Crippen molar-refractivity contribution in [3.05, 3.63) is 53.4 Å². The van der Waals surface area contributed by atoms with Crippen LogP contribution < -0.4 is 5.32 Å². The second-order valence-electron chi connectivity index (χ2n) is 10.6. The van der Waals surface area contributed by atoms with E-state index >= 15 is 0 Å². The lowest BCUT2D eigenvalue weighted by molar-refractivity contribution is -0.123. The number of amides is 1. The molecule has 3 fully saturated rings. The van der Waals surface area contributed by atoms with Crippen molar-refractivity contribution in [3.63, 3.8) is 0 Å². The Hall–Kier alpha value is -2.50. The molecule has 5 heteroatoms. The fourth-order valence-corrected chi connectivity index (χ4v) is 6.31. The average Bonchev–Trinajstić information content (AvgIpc) is 3.24. The summed E-state index contributed by atoms with van der Waals surface area (Å²) < 4.78 is 1.13. The Labute approximate surface area is 200 Å². The molecule has 3 aliphatic heterocycles. The summed E-state index contributed by atoms with van der Waals surface area (Å²) in [6.45, 7) is 9.22. The number of anilines is 1. The highest BCUT2D eigenvalue weighted by Gasteiger charge is 2.35. The number of nitrogens with zero attached hydrogens (tertiary/aromatic N) is 1.